The van der Waals surface area contributed by atoms with E-state index in [1.165, 1.54) is 11.8 Å². The number of hydrazone groups is 1. The number of thioether (sulfide) groups is 1. The molecule has 1 aromatic heterocycles. The Bertz CT molecular complexity index is 931. The van der Waals surface area contributed by atoms with Crippen LogP contribution in [0.25, 0.3) is 16.3 Å². The standard InChI is InChI=1S/C21H21N3OS2/c1-3-18(26-21-22-17-11-7-8-12-19(17)27-21)20(25)24-23-15(2)13-14-16-9-5-4-6-10-16/h4-14,18H,3H2,1-2H3,(H,24,25)/b14-13-,23-15?/t18-/m1/s1. The molecular weight excluding hydrogens is 374 g/mol. The Morgan fingerprint density at radius 2 is 1.96 bits per heavy atom. The van der Waals surface area contributed by atoms with Crippen LogP contribution >= 0.6 is 23.1 Å². The number of para-hydroxylation sites is 1. The highest BCUT2D eigenvalue weighted by atomic mass is 32.2. The minimum absolute atomic E-state index is 0.103. The van der Waals surface area contributed by atoms with Gasteiger partial charge in [-0.25, -0.2) is 10.4 Å². The number of nitrogens with zero attached hydrogens (tertiary/aromatic N) is 2. The summed E-state index contributed by atoms with van der Waals surface area (Å²) in [5.74, 6) is -0.103. The SMILES string of the molecule is CC[C@@H](Sc1nc2ccccc2s1)C(=O)NN=C(C)/C=C\c1ccccc1. The molecule has 4 nitrogen and oxygen atoms in total. The molecule has 0 unspecified atom stereocenters. The summed E-state index contributed by atoms with van der Waals surface area (Å²) in [5.41, 5.74) is 5.49. The average Bonchev–Trinajstić information content (AvgIpc) is 3.12. The van der Waals surface area contributed by atoms with Gasteiger partial charge in [0.1, 0.15) is 0 Å². The lowest BCUT2D eigenvalue weighted by Gasteiger charge is -2.10. The van der Waals surface area contributed by atoms with Crippen LogP contribution in [0.4, 0.5) is 0 Å². The summed E-state index contributed by atoms with van der Waals surface area (Å²) in [5, 5.41) is 3.97. The number of thiazole rings is 1. The van der Waals surface area contributed by atoms with Crippen molar-refractivity contribution < 1.29 is 4.79 Å². The van der Waals surface area contributed by atoms with Gasteiger partial charge >= 0.3 is 0 Å². The normalized spacial score (nSPS) is 13.2. The molecule has 1 amide bonds. The minimum atomic E-state index is -0.222. The summed E-state index contributed by atoms with van der Waals surface area (Å²) >= 11 is 3.11. The van der Waals surface area contributed by atoms with E-state index in [1.807, 2.05) is 80.6 Å². The second-order valence-electron chi connectivity index (χ2n) is 5.94. The largest absolute Gasteiger partial charge is 0.272 e. The van der Waals surface area contributed by atoms with E-state index >= 15 is 0 Å². The van der Waals surface area contributed by atoms with Crippen LogP contribution < -0.4 is 5.43 Å². The summed E-state index contributed by atoms with van der Waals surface area (Å²) in [4.78, 5) is 17.1. The van der Waals surface area contributed by atoms with E-state index in [1.54, 1.807) is 11.3 Å². The molecule has 0 spiro atoms. The third-order valence-corrected chi connectivity index (χ3v) is 6.33. The van der Waals surface area contributed by atoms with Gasteiger partial charge in [0, 0.05) is 0 Å². The van der Waals surface area contributed by atoms with Crippen molar-refractivity contribution in [2.45, 2.75) is 29.9 Å². The van der Waals surface area contributed by atoms with Gasteiger partial charge in [0.05, 0.1) is 21.2 Å². The topological polar surface area (TPSA) is 54.4 Å². The number of carbonyl (C=O) groups is 1. The number of nitrogens with one attached hydrogen (secondary N) is 1. The van der Waals surface area contributed by atoms with Crippen LogP contribution in [0.5, 0.6) is 0 Å². The monoisotopic (exact) mass is 395 g/mol. The van der Waals surface area contributed by atoms with Crippen molar-refractivity contribution in [3.8, 4) is 0 Å². The molecule has 0 saturated carbocycles. The van der Waals surface area contributed by atoms with E-state index in [0.29, 0.717) is 6.42 Å². The van der Waals surface area contributed by atoms with Gasteiger partial charge in [-0.05, 0) is 37.1 Å². The van der Waals surface area contributed by atoms with E-state index in [-0.39, 0.29) is 11.2 Å². The zero-order chi connectivity index (χ0) is 19.1. The molecule has 0 fully saturated rings. The Hall–Kier alpha value is -2.44. The molecule has 0 bridgehead atoms. The van der Waals surface area contributed by atoms with E-state index < -0.39 is 0 Å². The molecule has 27 heavy (non-hydrogen) atoms. The van der Waals surface area contributed by atoms with Crippen LogP contribution in [0, 0.1) is 0 Å². The maximum atomic E-state index is 12.5. The van der Waals surface area contributed by atoms with E-state index in [9.17, 15) is 4.79 Å². The summed E-state index contributed by atoms with van der Waals surface area (Å²) in [6.45, 7) is 3.86. The van der Waals surface area contributed by atoms with Crippen LogP contribution in [-0.2, 0) is 4.79 Å². The molecule has 3 aromatic rings. The van der Waals surface area contributed by atoms with Crippen molar-refractivity contribution in [1.82, 2.24) is 10.4 Å². The van der Waals surface area contributed by atoms with Gasteiger partial charge in [-0.1, -0.05) is 67.2 Å². The van der Waals surface area contributed by atoms with Crippen LogP contribution in [-0.4, -0.2) is 21.9 Å². The molecule has 0 radical (unpaired) electrons. The Labute approximate surface area is 167 Å². The molecule has 138 valence electrons. The fourth-order valence-electron chi connectivity index (χ4n) is 2.38. The molecule has 3 rings (SSSR count). The number of fused-ring (bicyclic) bond motifs is 1. The van der Waals surface area contributed by atoms with Crippen molar-refractivity contribution in [3.05, 3.63) is 66.2 Å². The first kappa shape index (κ1) is 19.3. The number of aromatic nitrogens is 1. The Balaban J connectivity index is 1.60. The number of carbonyl (C=O) groups excluding carboxylic acids is 1. The van der Waals surface area contributed by atoms with Gasteiger partial charge < -0.3 is 0 Å². The van der Waals surface area contributed by atoms with Crippen molar-refractivity contribution in [1.29, 1.82) is 0 Å². The Morgan fingerprint density at radius 1 is 1.22 bits per heavy atom. The molecule has 1 N–H and O–H groups in total. The van der Waals surface area contributed by atoms with Crippen molar-refractivity contribution in [2.24, 2.45) is 5.10 Å². The predicted molar refractivity (Wildman–Crippen MR) is 116 cm³/mol. The zero-order valence-electron chi connectivity index (χ0n) is 15.3. The highest BCUT2D eigenvalue weighted by Crippen LogP contribution is 2.33. The highest BCUT2D eigenvalue weighted by molar-refractivity contribution is 8.02. The summed E-state index contributed by atoms with van der Waals surface area (Å²) < 4.78 is 2.04. The lowest BCUT2D eigenvalue weighted by atomic mass is 10.2. The Morgan fingerprint density at radius 3 is 2.70 bits per heavy atom. The van der Waals surface area contributed by atoms with E-state index in [2.05, 4.69) is 15.5 Å². The number of amides is 1. The maximum absolute atomic E-state index is 12.5. The molecule has 6 heteroatoms. The first-order valence-electron chi connectivity index (χ1n) is 8.75. The third-order valence-electron chi connectivity index (χ3n) is 3.84. The predicted octanol–water partition coefficient (Wildman–Crippen LogP) is 5.37. The average molecular weight is 396 g/mol. The third kappa shape index (κ3) is 5.52. The van der Waals surface area contributed by atoms with Crippen molar-refractivity contribution in [3.63, 3.8) is 0 Å². The maximum Gasteiger partial charge on any atom is 0.253 e. The Kier molecular flexibility index (Phi) is 6.79. The first-order chi connectivity index (χ1) is 13.2. The van der Waals surface area contributed by atoms with Gasteiger partial charge in [-0.15, -0.1) is 11.3 Å². The lowest BCUT2D eigenvalue weighted by molar-refractivity contribution is -0.120. The molecular formula is C21H21N3OS2. The number of benzene rings is 2. The molecule has 1 atom stereocenters. The van der Waals surface area contributed by atoms with E-state index in [0.717, 1.165) is 25.8 Å². The molecule has 0 saturated heterocycles. The molecule has 0 aliphatic carbocycles. The molecule has 0 aliphatic heterocycles. The van der Waals surface area contributed by atoms with Crippen molar-refractivity contribution in [2.75, 3.05) is 0 Å². The van der Waals surface area contributed by atoms with Crippen LogP contribution in [0.1, 0.15) is 25.8 Å². The first-order valence-corrected chi connectivity index (χ1v) is 10.4. The van der Waals surface area contributed by atoms with E-state index in [4.69, 9.17) is 0 Å². The molecule has 2 aromatic carbocycles. The van der Waals surface area contributed by atoms with Gasteiger partial charge in [-0.3, -0.25) is 4.79 Å². The fraction of sp³-hybridized carbons (Fsp3) is 0.190. The number of allylic oxidation sites excluding steroid dienone is 1. The van der Waals surface area contributed by atoms with Crippen LogP contribution in [0.3, 0.4) is 0 Å². The van der Waals surface area contributed by atoms with Gasteiger partial charge in [0.25, 0.3) is 5.91 Å². The van der Waals surface area contributed by atoms with Gasteiger partial charge in [0.15, 0.2) is 4.34 Å². The zero-order valence-corrected chi connectivity index (χ0v) is 16.9. The van der Waals surface area contributed by atoms with Gasteiger partial charge in [-0.2, -0.15) is 5.10 Å². The van der Waals surface area contributed by atoms with Crippen molar-refractivity contribution >= 4 is 51.0 Å². The second-order valence-corrected chi connectivity index (χ2v) is 8.42. The quantitative estimate of drug-likeness (QED) is 0.332. The van der Waals surface area contributed by atoms with Crippen LogP contribution in [0.2, 0.25) is 0 Å². The summed E-state index contributed by atoms with van der Waals surface area (Å²) in [6.07, 6.45) is 4.57. The summed E-state index contributed by atoms with van der Waals surface area (Å²) in [7, 11) is 0. The number of hydrogen-bond acceptors (Lipinski definition) is 5. The minimum Gasteiger partial charge on any atom is -0.272 e. The summed E-state index contributed by atoms with van der Waals surface area (Å²) in [6, 6.07) is 18.0. The lowest BCUT2D eigenvalue weighted by Crippen LogP contribution is -2.29. The molecule has 0 aliphatic rings. The molecule has 1 heterocycles. The smallest absolute Gasteiger partial charge is 0.253 e. The fourth-order valence-corrected chi connectivity index (χ4v) is 4.61. The second kappa shape index (κ2) is 9.48. The number of hydrogen-bond donors (Lipinski definition) is 1. The van der Waals surface area contributed by atoms with Gasteiger partial charge in [0.2, 0.25) is 0 Å². The van der Waals surface area contributed by atoms with Crippen LogP contribution in [0.15, 0.2) is 70.1 Å². The highest BCUT2D eigenvalue weighted by Gasteiger charge is 2.19. The number of rotatable bonds is 7.